The topological polar surface area (TPSA) is 26.3 Å². The lowest BCUT2D eigenvalue weighted by molar-refractivity contribution is -0.147. The minimum atomic E-state index is -0.154. The Morgan fingerprint density at radius 1 is 1.64 bits per heavy atom. The van der Waals surface area contributed by atoms with Crippen LogP contribution in [0.1, 0.15) is 26.7 Å². The highest BCUT2D eigenvalue weighted by Crippen LogP contribution is 2.83. The molecule has 2 aliphatic carbocycles. The second kappa shape index (κ2) is 2.07. The molecule has 0 aromatic heterocycles. The van der Waals surface area contributed by atoms with Gasteiger partial charge in [0.05, 0.1) is 12.0 Å². The number of ether oxygens (including phenoxy) is 1. The van der Waals surface area contributed by atoms with E-state index in [1.54, 1.807) is 0 Å². The van der Waals surface area contributed by atoms with Gasteiger partial charge in [0.1, 0.15) is 0 Å². The van der Waals surface area contributed by atoms with Crippen LogP contribution in [-0.2, 0) is 9.53 Å². The molecule has 1 heterocycles. The van der Waals surface area contributed by atoms with E-state index in [0.717, 1.165) is 12.0 Å². The standard InChI is InChI=1S/C12H16O2/c1-7(2)8-4-5-11(3)9-6-14-10(13)12(8,9)11/h8-9H,1,4-6H2,2-3H3/t8-,9+,11+,12-/m1/s1. The average Bonchev–Trinajstić information content (AvgIpc) is 2.47. The summed E-state index contributed by atoms with van der Waals surface area (Å²) in [5.74, 6) is 0.918. The van der Waals surface area contributed by atoms with Gasteiger partial charge in [-0.2, -0.15) is 0 Å². The first-order chi connectivity index (χ1) is 6.55. The van der Waals surface area contributed by atoms with Crippen LogP contribution in [0.5, 0.6) is 0 Å². The number of carbonyl (C=O) groups is 1. The summed E-state index contributed by atoms with van der Waals surface area (Å²) in [5, 5.41) is 0. The van der Waals surface area contributed by atoms with Crippen molar-refractivity contribution in [2.24, 2.45) is 22.7 Å². The van der Waals surface area contributed by atoms with Crippen LogP contribution in [0.3, 0.4) is 0 Å². The minimum Gasteiger partial charge on any atom is -0.465 e. The molecule has 4 atom stereocenters. The van der Waals surface area contributed by atoms with E-state index >= 15 is 0 Å². The van der Waals surface area contributed by atoms with E-state index in [0.29, 0.717) is 18.4 Å². The van der Waals surface area contributed by atoms with Crippen LogP contribution in [0.4, 0.5) is 0 Å². The van der Waals surface area contributed by atoms with E-state index in [2.05, 4.69) is 13.5 Å². The Morgan fingerprint density at radius 2 is 2.36 bits per heavy atom. The van der Waals surface area contributed by atoms with Crippen LogP contribution in [0, 0.1) is 22.7 Å². The molecule has 1 saturated heterocycles. The van der Waals surface area contributed by atoms with Crippen LogP contribution in [0.2, 0.25) is 0 Å². The van der Waals surface area contributed by atoms with Crippen molar-refractivity contribution in [2.45, 2.75) is 26.7 Å². The summed E-state index contributed by atoms with van der Waals surface area (Å²) in [6, 6.07) is 0. The third kappa shape index (κ3) is 0.572. The molecule has 0 unspecified atom stereocenters. The molecule has 76 valence electrons. The lowest BCUT2D eigenvalue weighted by Crippen LogP contribution is -2.25. The number of cyclic esters (lactones) is 1. The van der Waals surface area contributed by atoms with Crippen molar-refractivity contribution in [1.82, 2.24) is 0 Å². The fourth-order valence-corrected chi connectivity index (χ4v) is 4.25. The molecule has 2 saturated carbocycles. The van der Waals surface area contributed by atoms with Crippen molar-refractivity contribution in [2.75, 3.05) is 6.61 Å². The van der Waals surface area contributed by atoms with Crippen molar-refractivity contribution in [3.05, 3.63) is 12.2 Å². The predicted octanol–water partition coefficient (Wildman–Crippen LogP) is 2.15. The molecule has 0 amide bonds. The van der Waals surface area contributed by atoms with E-state index in [-0.39, 0.29) is 16.8 Å². The summed E-state index contributed by atoms with van der Waals surface area (Å²) in [6.07, 6.45) is 2.29. The van der Waals surface area contributed by atoms with E-state index in [9.17, 15) is 4.79 Å². The molecule has 3 aliphatic rings. The van der Waals surface area contributed by atoms with E-state index in [1.807, 2.05) is 6.92 Å². The van der Waals surface area contributed by atoms with Crippen molar-refractivity contribution in [3.8, 4) is 0 Å². The van der Waals surface area contributed by atoms with Gasteiger partial charge in [0, 0.05) is 5.92 Å². The number of fused-ring (bicyclic) bond motifs is 1. The fraction of sp³-hybridized carbons (Fsp3) is 0.750. The van der Waals surface area contributed by atoms with Crippen LogP contribution in [0.25, 0.3) is 0 Å². The second-order valence-corrected chi connectivity index (χ2v) is 5.38. The first-order valence-corrected chi connectivity index (χ1v) is 5.38. The molecule has 0 N–H and O–H groups in total. The minimum absolute atomic E-state index is 0.0514. The largest absolute Gasteiger partial charge is 0.465 e. The van der Waals surface area contributed by atoms with E-state index in [4.69, 9.17) is 4.74 Å². The Labute approximate surface area is 84.3 Å². The summed E-state index contributed by atoms with van der Waals surface area (Å²) in [6.45, 7) is 8.98. The number of hydrogen-bond acceptors (Lipinski definition) is 2. The summed E-state index contributed by atoms with van der Waals surface area (Å²) >= 11 is 0. The van der Waals surface area contributed by atoms with Crippen molar-refractivity contribution >= 4 is 5.97 Å². The van der Waals surface area contributed by atoms with Gasteiger partial charge in [0.2, 0.25) is 0 Å². The normalized spacial score (nSPS) is 53.7. The van der Waals surface area contributed by atoms with Gasteiger partial charge in [-0.3, -0.25) is 4.79 Å². The maximum atomic E-state index is 11.9. The molecular formula is C12H16O2. The van der Waals surface area contributed by atoms with E-state index < -0.39 is 0 Å². The number of rotatable bonds is 1. The molecule has 0 aromatic rings. The van der Waals surface area contributed by atoms with Gasteiger partial charge in [0.15, 0.2) is 0 Å². The molecular weight excluding hydrogens is 176 g/mol. The highest BCUT2D eigenvalue weighted by molar-refractivity contribution is 5.87. The Hall–Kier alpha value is -0.790. The molecule has 2 nitrogen and oxygen atoms in total. The Kier molecular flexibility index (Phi) is 1.26. The Bertz CT molecular complexity index is 346. The highest BCUT2D eigenvalue weighted by atomic mass is 16.5. The molecule has 1 aliphatic heterocycles. The lowest BCUT2D eigenvalue weighted by Gasteiger charge is -2.19. The maximum Gasteiger partial charge on any atom is 0.313 e. The van der Waals surface area contributed by atoms with Crippen molar-refractivity contribution in [3.63, 3.8) is 0 Å². The molecule has 0 bridgehead atoms. The molecule has 0 radical (unpaired) electrons. The van der Waals surface area contributed by atoms with Gasteiger partial charge in [-0.05, 0) is 31.1 Å². The summed E-state index contributed by atoms with van der Waals surface area (Å²) in [5.41, 5.74) is 1.25. The Morgan fingerprint density at radius 3 is 2.93 bits per heavy atom. The first kappa shape index (κ1) is 8.51. The number of hydrogen-bond donors (Lipinski definition) is 0. The zero-order valence-electron chi connectivity index (χ0n) is 8.80. The lowest BCUT2D eigenvalue weighted by atomic mass is 9.83. The van der Waals surface area contributed by atoms with Gasteiger partial charge in [-0.15, -0.1) is 0 Å². The maximum absolute atomic E-state index is 11.9. The zero-order valence-corrected chi connectivity index (χ0v) is 8.80. The van der Waals surface area contributed by atoms with Gasteiger partial charge in [-0.25, -0.2) is 0 Å². The monoisotopic (exact) mass is 192 g/mol. The van der Waals surface area contributed by atoms with Crippen LogP contribution in [0.15, 0.2) is 12.2 Å². The van der Waals surface area contributed by atoms with Gasteiger partial charge >= 0.3 is 5.97 Å². The summed E-state index contributed by atoms with van der Waals surface area (Å²) in [7, 11) is 0. The van der Waals surface area contributed by atoms with Gasteiger partial charge < -0.3 is 4.74 Å². The molecule has 1 spiro atoms. The second-order valence-electron chi connectivity index (χ2n) is 5.38. The number of carbonyl (C=O) groups excluding carboxylic acids is 1. The number of allylic oxidation sites excluding steroid dienone is 1. The molecule has 3 rings (SSSR count). The molecule has 2 heteroatoms. The number of esters is 1. The van der Waals surface area contributed by atoms with Crippen LogP contribution in [-0.4, -0.2) is 12.6 Å². The molecule has 0 aromatic carbocycles. The Balaban J connectivity index is 2.08. The van der Waals surface area contributed by atoms with Gasteiger partial charge in [0.25, 0.3) is 0 Å². The van der Waals surface area contributed by atoms with Crippen LogP contribution >= 0.6 is 0 Å². The third-order valence-electron chi connectivity index (χ3n) is 5.00. The third-order valence-corrected chi connectivity index (χ3v) is 5.00. The van der Waals surface area contributed by atoms with Crippen LogP contribution < -0.4 is 0 Å². The average molecular weight is 192 g/mol. The zero-order chi connectivity index (χ0) is 10.1. The quantitative estimate of drug-likeness (QED) is 0.470. The smallest absolute Gasteiger partial charge is 0.313 e. The summed E-state index contributed by atoms with van der Waals surface area (Å²) < 4.78 is 5.19. The summed E-state index contributed by atoms with van der Waals surface area (Å²) in [4.78, 5) is 11.9. The highest BCUT2D eigenvalue weighted by Gasteiger charge is 2.86. The van der Waals surface area contributed by atoms with Gasteiger partial charge in [-0.1, -0.05) is 19.1 Å². The fourth-order valence-electron chi connectivity index (χ4n) is 4.25. The molecule has 14 heavy (non-hydrogen) atoms. The predicted molar refractivity (Wildman–Crippen MR) is 52.5 cm³/mol. The SMILES string of the molecule is C=C(C)[C@H]1CC[C@@]2(C)[C@@H]3COC(=O)[C@@]132. The van der Waals surface area contributed by atoms with Crippen molar-refractivity contribution < 1.29 is 9.53 Å². The first-order valence-electron chi connectivity index (χ1n) is 5.38. The van der Waals surface area contributed by atoms with Crippen molar-refractivity contribution in [1.29, 1.82) is 0 Å². The molecule has 3 fully saturated rings. The van der Waals surface area contributed by atoms with E-state index in [1.165, 1.54) is 6.42 Å².